The molecule has 1 heterocycles. The van der Waals surface area contributed by atoms with Crippen molar-refractivity contribution < 1.29 is 23.1 Å². The number of amides is 2. The molecule has 8 heteroatoms. The van der Waals surface area contributed by atoms with Crippen LogP contribution in [0.15, 0.2) is 18.2 Å². The number of rotatable bonds is 1. The molecule has 2 N–H and O–H groups in total. The summed E-state index contributed by atoms with van der Waals surface area (Å²) in [5.74, 6) is 0. The average molecular weight is 323 g/mol. The molecular weight excluding hydrogens is 309 g/mol. The lowest BCUT2D eigenvalue weighted by molar-refractivity contribution is -0.137. The van der Waals surface area contributed by atoms with E-state index in [4.69, 9.17) is 11.6 Å². The molecular formula is C13H14ClF3N2O2. The van der Waals surface area contributed by atoms with E-state index in [1.807, 2.05) is 0 Å². The number of aliphatic hydroxyl groups is 1. The van der Waals surface area contributed by atoms with E-state index in [1.54, 1.807) is 0 Å². The zero-order valence-corrected chi connectivity index (χ0v) is 11.7. The molecule has 21 heavy (non-hydrogen) atoms. The number of carbonyl (C=O) groups is 1. The molecule has 0 saturated carbocycles. The van der Waals surface area contributed by atoms with Gasteiger partial charge in [-0.3, -0.25) is 0 Å². The van der Waals surface area contributed by atoms with Gasteiger partial charge in [0.1, 0.15) is 0 Å². The minimum atomic E-state index is -4.48. The topological polar surface area (TPSA) is 52.6 Å². The van der Waals surface area contributed by atoms with E-state index in [-0.39, 0.29) is 17.3 Å². The molecule has 0 aromatic heterocycles. The van der Waals surface area contributed by atoms with Crippen LogP contribution < -0.4 is 5.32 Å². The van der Waals surface area contributed by atoms with E-state index in [9.17, 15) is 23.1 Å². The highest BCUT2D eigenvalue weighted by Crippen LogP contribution is 2.33. The number of urea groups is 1. The maximum absolute atomic E-state index is 12.5. The highest BCUT2D eigenvalue weighted by atomic mass is 35.5. The minimum Gasteiger partial charge on any atom is -0.391 e. The Morgan fingerprint density at radius 3 is 2.71 bits per heavy atom. The number of alkyl halides is 3. The first kappa shape index (κ1) is 15.9. The van der Waals surface area contributed by atoms with Crippen LogP contribution in [0.1, 0.15) is 18.4 Å². The normalized spacial score (nSPS) is 19.5. The molecule has 1 aliphatic rings. The van der Waals surface area contributed by atoms with Gasteiger partial charge in [-0.15, -0.1) is 0 Å². The van der Waals surface area contributed by atoms with Crippen LogP contribution in [-0.2, 0) is 6.18 Å². The summed E-state index contributed by atoms with van der Waals surface area (Å²) in [4.78, 5) is 13.4. The molecule has 1 saturated heterocycles. The Kier molecular flexibility index (Phi) is 4.63. The van der Waals surface area contributed by atoms with E-state index < -0.39 is 23.9 Å². The number of piperidine rings is 1. The second-order valence-corrected chi connectivity index (χ2v) is 5.27. The largest absolute Gasteiger partial charge is 0.416 e. The zero-order valence-electron chi connectivity index (χ0n) is 11.0. The monoisotopic (exact) mass is 322 g/mol. The summed E-state index contributed by atoms with van der Waals surface area (Å²) in [6.07, 6.45) is -3.75. The van der Waals surface area contributed by atoms with Crippen molar-refractivity contribution in [3.8, 4) is 0 Å². The molecule has 116 valence electrons. The first-order chi connectivity index (χ1) is 9.77. The van der Waals surface area contributed by atoms with Gasteiger partial charge in [0, 0.05) is 13.1 Å². The van der Waals surface area contributed by atoms with Crippen LogP contribution in [0.3, 0.4) is 0 Å². The van der Waals surface area contributed by atoms with Crippen LogP contribution in [0.4, 0.5) is 23.7 Å². The molecule has 1 aliphatic heterocycles. The highest BCUT2D eigenvalue weighted by molar-refractivity contribution is 6.33. The second kappa shape index (κ2) is 6.11. The molecule has 0 spiro atoms. The molecule has 0 bridgehead atoms. The molecule has 1 unspecified atom stereocenters. The third kappa shape index (κ3) is 4.01. The van der Waals surface area contributed by atoms with E-state index in [0.29, 0.717) is 19.4 Å². The fraction of sp³-hybridized carbons (Fsp3) is 0.462. The minimum absolute atomic E-state index is 0.106. The van der Waals surface area contributed by atoms with E-state index >= 15 is 0 Å². The Hall–Kier alpha value is -1.47. The predicted molar refractivity (Wildman–Crippen MR) is 72.3 cm³/mol. The van der Waals surface area contributed by atoms with Gasteiger partial charge in [-0.05, 0) is 31.0 Å². The summed E-state index contributed by atoms with van der Waals surface area (Å²) in [6.45, 7) is 0.686. The summed E-state index contributed by atoms with van der Waals surface area (Å²) in [6, 6.07) is 2.24. The van der Waals surface area contributed by atoms with Crippen LogP contribution in [0.25, 0.3) is 0 Å². The number of carbonyl (C=O) groups excluding carboxylic acids is 1. The van der Waals surface area contributed by atoms with Crippen molar-refractivity contribution in [2.45, 2.75) is 25.1 Å². The van der Waals surface area contributed by atoms with Crippen LogP contribution in [0, 0.1) is 0 Å². The maximum atomic E-state index is 12.5. The molecule has 2 rings (SSSR count). The van der Waals surface area contributed by atoms with Crippen molar-refractivity contribution in [2.75, 3.05) is 18.4 Å². The predicted octanol–water partition coefficient (Wildman–Crippen LogP) is 3.35. The third-order valence-electron chi connectivity index (χ3n) is 3.22. The van der Waals surface area contributed by atoms with Crippen LogP contribution in [-0.4, -0.2) is 35.2 Å². The molecule has 0 aliphatic carbocycles. The lowest BCUT2D eigenvalue weighted by Gasteiger charge is -2.30. The van der Waals surface area contributed by atoms with Crippen LogP contribution in [0.2, 0.25) is 5.02 Å². The van der Waals surface area contributed by atoms with Gasteiger partial charge < -0.3 is 15.3 Å². The summed E-state index contributed by atoms with van der Waals surface area (Å²) >= 11 is 5.76. The van der Waals surface area contributed by atoms with Crippen molar-refractivity contribution in [3.05, 3.63) is 28.8 Å². The number of halogens is 4. The first-order valence-electron chi connectivity index (χ1n) is 6.38. The Morgan fingerprint density at radius 1 is 1.43 bits per heavy atom. The SMILES string of the molecule is O=C(Nc1ccc(C(F)(F)F)cc1Cl)N1CCCC(O)C1. The van der Waals surface area contributed by atoms with Gasteiger partial charge in [-0.1, -0.05) is 11.6 Å². The number of anilines is 1. The number of nitrogens with one attached hydrogen (secondary N) is 1. The number of hydrogen-bond donors (Lipinski definition) is 2. The lowest BCUT2D eigenvalue weighted by Crippen LogP contribution is -2.44. The van der Waals surface area contributed by atoms with E-state index in [0.717, 1.165) is 18.2 Å². The van der Waals surface area contributed by atoms with Crippen molar-refractivity contribution in [3.63, 3.8) is 0 Å². The number of benzene rings is 1. The van der Waals surface area contributed by atoms with E-state index in [2.05, 4.69) is 5.32 Å². The molecule has 1 atom stereocenters. The Morgan fingerprint density at radius 2 is 2.14 bits per heavy atom. The summed E-state index contributed by atoms with van der Waals surface area (Å²) < 4.78 is 37.5. The van der Waals surface area contributed by atoms with Gasteiger partial charge in [0.15, 0.2) is 0 Å². The highest BCUT2D eigenvalue weighted by Gasteiger charge is 2.31. The zero-order chi connectivity index (χ0) is 15.6. The van der Waals surface area contributed by atoms with Crippen molar-refractivity contribution >= 4 is 23.3 Å². The molecule has 4 nitrogen and oxygen atoms in total. The van der Waals surface area contributed by atoms with Crippen molar-refractivity contribution in [1.29, 1.82) is 0 Å². The third-order valence-corrected chi connectivity index (χ3v) is 3.53. The number of aliphatic hydroxyl groups excluding tert-OH is 1. The number of β-amino-alcohol motifs (C(OH)–C–C–N with tert-alkyl or cyclic N) is 1. The maximum Gasteiger partial charge on any atom is 0.416 e. The molecule has 2 amide bonds. The van der Waals surface area contributed by atoms with Gasteiger partial charge in [0.25, 0.3) is 0 Å². The van der Waals surface area contributed by atoms with Gasteiger partial charge >= 0.3 is 12.2 Å². The Bertz CT molecular complexity index is 537. The Labute approximate surface area is 124 Å². The van der Waals surface area contributed by atoms with Crippen molar-refractivity contribution in [2.24, 2.45) is 0 Å². The van der Waals surface area contributed by atoms with Crippen molar-refractivity contribution in [1.82, 2.24) is 4.90 Å². The summed E-state index contributed by atoms with van der Waals surface area (Å²) in [7, 11) is 0. The number of nitrogens with zero attached hydrogens (tertiary/aromatic N) is 1. The molecule has 1 aromatic rings. The Balaban J connectivity index is 2.07. The fourth-order valence-electron chi connectivity index (χ4n) is 2.13. The summed E-state index contributed by atoms with van der Waals surface area (Å²) in [5.41, 5.74) is -0.770. The van der Waals surface area contributed by atoms with Gasteiger partial charge in [0.2, 0.25) is 0 Å². The quantitative estimate of drug-likeness (QED) is 0.833. The molecule has 0 radical (unpaired) electrons. The number of likely N-dealkylation sites (tertiary alicyclic amines) is 1. The molecule has 1 aromatic carbocycles. The van der Waals surface area contributed by atoms with Gasteiger partial charge in [-0.2, -0.15) is 13.2 Å². The van der Waals surface area contributed by atoms with Gasteiger partial charge in [-0.25, -0.2) is 4.79 Å². The second-order valence-electron chi connectivity index (χ2n) is 4.86. The first-order valence-corrected chi connectivity index (χ1v) is 6.76. The summed E-state index contributed by atoms with van der Waals surface area (Å²) in [5, 5.41) is 11.8. The van der Waals surface area contributed by atoms with Gasteiger partial charge in [0.05, 0.1) is 22.4 Å². The lowest BCUT2D eigenvalue weighted by atomic mass is 10.1. The average Bonchev–Trinajstić information content (AvgIpc) is 2.39. The molecule has 1 fully saturated rings. The standard InChI is InChI=1S/C13H14ClF3N2O2/c14-10-6-8(13(15,16)17)3-4-11(10)18-12(21)19-5-1-2-9(20)7-19/h3-4,6,9,20H,1-2,5,7H2,(H,18,21). The van der Waals surface area contributed by atoms with Crippen LogP contribution in [0.5, 0.6) is 0 Å². The smallest absolute Gasteiger partial charge is 0.391 e. The fourth-order valence-corrected chi connectivity index (χ4v) is 2.35. The van der Waals surface area contributed by atoms with Crippen LogP contribution >= 0.6 is 11.6 Å². The number of hydrogen-bond acceptors (Lipinski definition) is 2. The van der Waals surface area contributed by atoms with E-state index in [1.165, 1.54) is 4.90 Å².